The summed E-state index contributed by atoms with van der Waals surface area (Å²) in [6.07, 6.45) is -2.28. The highest BCUT2D eigenvalue weighted by Gasteiger charge is 2.33. The number of nitrogens with zero attached hydrogens (tertiary/aromatic N) is 1. The smallest absolute Gasteiger partial charge is 0.361 e. The van der Waals surface area contributed by atoms with E-state index in [-0.39, 0.29) is 37.0 Å². The molecule has 3 aromatic rings. The van der Waals surface area contributed by atoms with Crippen LogP contribution < -0.4 is 5.32 Å². The number of carbonyl (C=O) groups is 1. The summed E-state index contributed by atoms with van der Waals surface area (Å²) in [5, 5.41) is 3.72. The zero-order chi connectivity index (χ0) is 23.6. The maximum atomic E-state index is 13.2. The summed E-state index contributed by atoms with van der Waals surface area (Å²) in [4.78, 5) is 18.2. The van der Waals surface area contributed by atoms with E-state index in [1.165, 1.54) is 12.1 Å². The lowest BCUT2D eigenvalue weighted by Crippen LogP contribution is -2.53. The molecule has 0 bridgehead atoms. The Labute approximate surface area is 189 Å². The van der Waals surface area contributed by atoms with E-state index in [9.17, 15) is 26.4 Å². The van der Waals surface area contributed by atoms with Gasteiger partial charge in [0.25, 0.3) is 0 Å². The number of hydrogen-bond donors (Lipinski definition) is 2. The number of sulfone groups is 1. The Morgan fingerprint density at radius 1 is 1.09 bits per heavy atom. The van der Waals surface area contributed by atoms with E-state index in [0.717, 1.165) is 28.6 Å². The van der Waals surface area contributed by atoms with Gasteiger partial charge in [-0.1, -0.05) is 30.3 Å². The van der Waals surface area contributed by atoms with Crippen molar-refractivity contribution in [2.45, 2.75) is 25.2 Å². The first-order valence-corrected chi connectivity index (χ1v) is 12.4. The molecule has 0 saturated carbocycles. The fourth-order valence-electron chi connectivity index (χ4n) is 4.10. The first-order chi connectivity index (χ1) is 15.6. The number of fused-ring (bicyclic) bond motifs is 1. The molecular weight excluding hydrogens is 455 g/mol. The summed E-state index contributed by atoms with van der Waals surface area (Å²) in [5.74, 6) is -0.409. The van der Waals surface area contributed by atoms with Gasteiger partial charge in [-0.3, -0.25) is 9.69 Å². The third-order valence-electron chi connectivity index (χ3n) is 5.93. The van der Waals surface area contributed by atoms with E-state index in [0.29, 0.717) is 12.0 Å². The molecule has 33 heavy (non-hydrogen) atoms. The van der Waals surface area contributed by atoms with Crippen molar-refractivity contribution in [2.75, 3.05) is 24.6 Å². The lowest BCUT2D eigenvalue weighted by molar-refractivity contribution is -0.137. The van der Waals surface area contributed by atoms with Crippen molar-refractivity contribution in [3.05, 3.63) is 71.4 Å². The van der Waals surface area contributed by atoms with Gasteiger partial charge in [0.2, 0.25) is 5.91 Å². The van der Waals surface area contributed by atoms with E-state index in [2.05, 4.69) is 10.3 Å². The Bertz CT molecular complexity index is 1240. The van der Waals surface area contributed by atoms with Gasteiger partial charge in [-0.15, -0.1) is 0 Å². The zero-order valence-electron chi connectivity index (χ0n) is 17.7. The number of rotatable bonds is 6. The van der Waals surface area contributed by atoms with Crippen molar-refractivity contribution in [1.82, 2.24) is 15.2 Å². The van der Waals surface area contributed by atoms with Gasteiger partial charge < -0.3 is 10.3 Å². The zero-order valence-corrected chi connectivity index (χ0v) is 18.5. The minimum Gasteiger partial charge on any atom is -0.361 e. The number of H-pyrrole nitrogens is 1. The second-order valence-corrected chi connectivity index (χ2v) is 10.5. The van der Waals surface area contributed by atoms with Crippen molar-refractivity contribution >= 4 is 26.6 Å². The Balaban J connectivity index is 1.53. The summed E-state index contributed by atoms with van der Waals surface area (Å²) >= 11 is 0. The number of benzene rings is 2. The summed E-state index contributed by atoms with van der Waals surface area (Å²) in [6, 6.07) is 11.9. The fourth-order valence-corrected chi connectivity index (χ4v) is 5.33. The van der Waals surface area contributed by atoms with Crippen molar-refractivity contribution < 1.29 is 26.4 Å². The van der Waals surface area contributed by atoms with Crippen LogP contribution in [0.4, 0.5) is 13.2 Å². The molecule has 0 unspecified atom stereocenters. The summed E-state index contributed by atoms with van der Waals surface area (Å²) in [7, 11) is -3.13. The van der Waals surface area contributed by atoms with Crippen molar-refractivity contribution in [1.29, 1.82) is 0 Å². The molecule has 1 saturated heterocycles. The van der Waals surface area contributed by atoms with Crippen LogP contribution in [0.3, 0.4) is 0 Å². The lowest BCUT2D eigenvalue weighted by Gasteiger charge is -2.33. The molecule has 0 spiro atoms. The van der Waals surface area contributed by atoms with Crippen molar-refractivity contribution in [3.63, 3.8) is 0 Å². The standard InChI is InChI=1S/C23H24F3N3O3S/c24-23(25,26)18-5-3-4-16(12-18)14-28-22(30)21(29-8-10-33(31,32)11-9-29)13-17-15-27-20-7-2-1-6-19(17)20/h1-7,12,15,21,27H,8-11,13-14H2,(H,28,30)/t21-/m0/s1. The van der Waals surface area contributed by atoms with Gasteiger partial charge >= 0.3 is 6.18 Å². The molecule has 1 aliphatic rings. The largest absolute Gasteiger partial charge is 0.416 e. The molecule has 1 aliphatic heterocycles. The molecule has 2 aromatic carbocycles. The van der Waals surface area contributed by atoms with E-state index < -0.39 is 27.6 Å². The van der Waals surface area contributed by atoms with E-state index >= 15 is 0 Å². The van der Waals surface area contributed by atoms with Gasteiger partial charge in [0.1, 0.15) is 0 Å². The molecule has 6 nitrogen and oxygen atoms in total. The van der Waals surface area contributed by atoms with Crippen LogP contribution >= 0.6 is 0 Å². The highest BCUT2D eigenvalue weighted by atomic mass is 32.2. The molecule has 1 fully saturated rings. The third kappa shape index (κ3) is 5.56. The Morgan fingerprint density at radius 2 is 1.82 bits per heavy atom. The number of para-hydroxylation sites is 1. The first kappa shape index (κ1) is 23.3. The van der Waals surface area contributed by atoms with E-state index in [1.807, 2.05) is 35.4 Å². The first-order valence-electron chi connectivity index (χ1n) is 10.6. The lowest BCUT2D eigenvalue weighted by atomic mass is 10.0. The van der Waals surface area contributed by atoms with Gasteiger partial charge in [-0.2, -0.15) is 13.2 Å². The molecule has 1 atom stereocenters. The number of aromatic amines is 1. The predicted molar refractivity (Wildman–Crippen MR) is 119 cm³/mol. The number of nitrogens with one attached hydrogen (secondary N) is 2. The number of halogens is 3. The van der Waals surface area contributed by atoms with Gasteiger partial charge in [-0.25, -0.2) is 8.42 Å². The highest BCUT2D eigenvalue weighted by Crippen LogP contribution is 2.29. The number of carbonyl (C=O) groups excluding carboxylic acids is 1. The molecule has 0 radical (unpaired) electrons. The monoisotopic (exact) mass is 479 g/mol. The Kier molecular flexibility index (Phi) is 6.49. The molecular formula is C23H24F3N3O3S. The normalized spacial score (nSPS) is 17.7. The maximum absolute atomic E-state index is 13.2. The molecule has 4 rings (SSSR count). The number of amides is 1. The van der Waals surface area contributed by atoms with Crippen LogP contribution in [0, 0.1) is 0 Å². The molecule has 2 heterocycles. The van der Waals surface area contributed by atoms with Gasteiger partial charge in [0, 0.05) is 36.7 Å². The topological polar surface area (TPSA) is 82.3 Å². The van der Waals surface area contributed by atoms with Crippen LogP contribution in [0.2, 0.25) is 0 Å². The fraction of sp³-hybridized carbons (Fsp3) is 0.348. The highest BCUT2D eigenvalue weighted by molar-refractivity contribution is 7.91. The average Bonchev–Trinajstić information content (AvgIpc) is 3.19. The minimum absolute atomic E-state index is 0.0295. The molecule has 2 N–H and O–H groups in total. The summed E-state index contributed by atoms with van der Waals surface area (Å²) < 4.78 is 62.7. The van der Waals surface area contributed by atoms with Crippen LogP contribution in [0.15, 0.2) is 54.7 Å². The van der Waals surface area contributed by atoms with Crippen LogP contribution in [0.1, 0.15) is 16.7 Å². The summed E-state index contributed by atoms with van der Waals surface area (Å²) in [5.41, 5.74) is 1.41. The third-order valence-corrected chi connectivity index (χ3v) is 7.54. The van der Waals surface area contributed by atoms with Gasteiger partial charge in [-0.05, 0) is 35.7 Å². The maximum Gasteiger partial charge on any atom is 0.416 e. The van der Waals surface area contributed by atoms with E-state index in [4.69, 9.17) is 0 Å². The molecule has 1 amide bonds. The molecule has 0 aliphatic carbocycles. The van der Waals surface area contributed by atoms with Crippen molar-refractivity contribution in [2.24, 2.45) is 0 Å². The number of aromatic nitrogens is 1. The second kappa shape index (κ2) is 9.18. The van der Waals surface area contributed by atoms with Crippen LogP contribution in [0.5, 0.6) is 0 Å². The number of hydrogen-bond acceptors (Lipinski definition) is 4. The quantitative estimate of drug-likeness (QED) is 0.569. The van der Waals surface area contributed by atoms with Gasteiger partial charge in [0.15, 0.2) is 9.84 Å². The van der Waals surface area contributed by atoms with Crippen LogP contribution in [0.25, 0.3) is 10.9 Å². The van der Waals surface area contributed by atoms with Crippen LogP contribution in [-0.2, 0) is 33.8 Å². The summed E-state index contributed by atoms with van der Waals surface area (Å²) in [6.45, 7) is 0.401. The van der Waals surface area contributed by atoms with Crippen LogP contribution in [-0.4, -0.2) is 54.8 Å². The second-order valence-electron chi connectivity index (χ2n) is 8.18. The Morgan fingerprint density at radius 3 is 2.55 bits per heavy atom. The molecule has 176 valence electrons. The van der Waals surface area contributed by atoms with Gasteiger partial charge in [0.05, 0.1) is 23.1 Å². The van der Waals surface area contributed by atoms with Crippen molar-refractivity contribution in [3.8, 4) is 0 Å². The molecule has 10 heteroatoms. The Hall–Kier alpha value is -2.85. The average molecular weight is 480 g/mol. The molecule has 1 aromatic heterocycles. The number of alkyl halides is 3. The minimum atomic E-state index is -4.46. The van der Waals surface area contributed by atoms with E-state index in [1.54, 1.807) is 0 Å². The SMILES string of the molecule is O=C(NCc1cccc(C(F)(F)F)c1)[C@H](Cc1c[nH]c2ccccc12)N1CCS(=O)(=O)CC1. The predicted octanol–water partition coefficient (Wildman–Crippen LogP) is 3.14.